The lowest BCUT2D eigenvalue weighted by atomic mass is 10.1. The van der Waals surface area contributed by atoms with Gasteiger partial charge in [0.2, 0.25) is 0 Å². The van der Waals surface area contributed by atoms with E-state index in [1.54, 1.807) is 0 Å². The summed E-state index contributed by atoms with van der Waals surface area (Å²) < 4.78 is 0. The van der Waals surface area contributed by atoms with Gasteiger partial charge >= 0.3 is 0 Å². The van der Waals surface area contributed by atoms with E-state index in [4.69, 9.17) is 5.11 Å². The van der Waals surface area contributed by atoms with Gasteiger partial charge in [0.1, 0.15) is 0 Å². The molecule has 1 aromatic rings. The van der Waals surface area contributed by atoms with E-state index < -0.39 is 0 Å². The van der Waals surface area contributed by atoms with Crippen molar-refractivity contribution < 1.29 is 9.90 Å². The van der Waals surface area contributed by atoms with E-state index in [0.29, 0.717) is 0 Å². The first-order chi connectivity index (χ1) is 9.78. The van der Waals surface area contributed by atoms with E-state index in [-0.39, 0.29) is 12.5 Å². The maximum Gasteiger partial charge on any atom is 0.253 e. The highest BCUT2D eigenvalue weighted by atomic mass is 16.3. The highest BCUT2D eigenvalue weighted by molar-refractivity contribution is 5.94. The lowest BCUT2D eigenvalue weighted by Crippen LogP contribution is -2.35. The molecule has 0 atom stereocenters. The van der Waals surface area contributed by atoms with E-state index in [2.05, 4.69) is 4.90 Å². The molecule has 20 heavy (non-hydrogen) atoms. The van der Waals surface area contributed by atoms with Gasteiger partial charge in [-0.05, 0) is 37.0 Å². The first kappa shape index (κ1) is 13.6. The Balaban J connectivity index is 1.63. The number of nitrogens with zero attached hydrogens (tertiary/aromatic N) is 2. The zero-order valence-corrected chi connectivity index (χ0v) is 11.8. The molecular weight excluding hydrogens is 252 g/mol. The predicted octanol–water partition coefficient (Wildman–Crippen LogP) is 1.49. The molecule has 2 aliphatic rings. The molecule has 0 spiro atoms. The van der Waals surface area contributed by atoms with Gasteiger partial charge in [0, 0.05) is 37.8 Å². The lowest BCUT2D eigenvalue weighted by Gasteiger charge is -2.22. The SMILES string of the molecule is O=C(c1ccc(CO)cc1)N1CCCN(C2CC2)CC1. The first-order valence-electron chi connectivity index (χ1n) is 7.51. The van der Waals surface area contributed by atoms with E-state index in [0.717, 1.165) is 49.8 Å². The molecule has 0 aromatic heterocycles. The van der Waals surface area contributed by atoms with Crippen molar-refractivity contribution in [1.29, 1.82) is 0 Å². The minimum Gasteiger partial charge on any atom is -0.392 e. The van der Waals surface area contributed by atoms with Gasteiger partial charge in [-0.2, -0.15) is 0 Å². The van der Waals surface area contributed by atoms with Gasteiger partial charge < -0.3 is 10.0 Å². The van der Waals surface area contributed by atoms with Crippen molar-refractivity contribution in [2.75, 3.05) is 26.2 Å². The molecule has 1 N–H and O–H groups in total. The van der Waals surface area contributed by atoms with Crippen molar-refractivity contribution in [1.82, 2.24) is 9.80 Å². The summed E-state index contributed by atoms with van der Waals surface area (Å²) in [7, 11) is 0. The number of carbonyl (C=O) groups is 1. The van der Waals surface area contributed by atoms with Crippen LogP contribution in [0.15, 0.2) is 24.3 Å². The van der Waals surface area contributed by atoms with Crippen LogP contribution in [0.25, 0.3) is 0 Å². The highest BCUT2D eigenvalue weighted by Crippen LogP contribution is 2.27. The van der Waals surface area contributed by atoms with Crippen molar-refractivity contribution in [2.45, 2.75) is 31.9 Å². The highest BCUT2D eigenvalue weighted by Gasteiger charge is 2.30. The molecule has 1 aromatic carbocycles. The molecule has 0 bridgehead atoms. The van der Waals surface area contributed by atoms with Gasteiger partial charge in [-0.15, -0.1) is 0 Å². The molecule has 1 aliphatic carbocycles. The molecule has 1 heterocycles. The summed E-state index contributed by atoms with van der Waals surface area (Å²) in [5, 5.41) is 9.04. The minimum atomic E-state index is 0.0224. The number of hydrogen-bond donors (Lipinski definition) is 1. The van der Waals surface area contributed by atoms with Gasteiger partial charge in [-0.1, -0.05) is 12.1 Å². The van der Waals surface area contributed by atoms with Crippen LogP contribution in [-0.4, -0.2) is 53.0 Å². The Hall–Kier alpha value is -1.39. The van der Waals surface area contributed by atoms with Crippen LogP contribution in [0.5, 0.6) is 0 Å². The van der Waals surface area contributed by atoms with E-state index in [1.807, 2.05) is 29.2 Å². The molecule has 3 rings (SSSR count). The molecular formula is C16H22N2O2. The summed E-state index contributed by atoms with van der Waals surface area (Å²) in [6, 6.07) is 8.06. The Morgan fingerprint density at radius 1 is 1.10 bits per heavy atom. The lowest BCUT2D eigenvalue weighted by molar-refractivity contribution is 0.0761. The van der Waals surface area contributed by atoms with Crippen LogP contribution in [0.2, 0.25) is 0 Å². The van der Waals surface area contributed by atoms with Gasteiger partial charge in [-0.3, -0.25) is 9.69 Å². The molecule has 108 valence electrons. The van der Waals surface area contributed by atoms with Crippen molar-refractivity contribution in [3.8, 4) is 0 Å². The number of benzene rings is 1. The summed E-state index contributed by atoms with van der Waals surface area (Å²) in [6.45, 7) is 3.83. The second-order valence-electron chi connectivity index (χ2n) is 5.77. The third kappa shape index (κ3) is 3.02. The number of aliphatic hydroxyl groups is 1. The van der Waals surface area contributed by atoms with Crippen LogP contribution < -0.4 is 0 Å². The molecule has 4 nitrogen and oxygen atoms in total. The van der Waals surface area contributed by atoms with Crippen molar-refractivity contribution in [3.05, 3.63) is 35.4 Å². The molecule has 1 saturated heterocycles. The van der Waals surface area contributed by atoms with Crippen molar-refractivity contribution in [3.63, 3.8) is 0 Å². The summed E-state index contributed by atoms with van der Waals surface area (Å²) in [4.78, 5) is 17.0. The number of amides is 1. The topological polar surface area (TPSA) is 43.8 Å². The zero-order chi connectivity index (χ0) is 13.9. The Kier molecular flexibility index (Phi) is 4.03. The third-order valence-electron chi connectivity index (χ3n) is 4.26. The van der Waals surface area contributed by atoms with Crippen LogP contribution in [0.1, 0.15) is 35.2 Å². The molecule has 1 saturated carbocycles. The van der Waals surface area contributed by atoms with Crippen molar-refractivity contribution in [2.24, 2.45) is 0 Å². The van der Waals surface area contributed by atoms with Crippen LogP contribution in [-0.2, 0) is 6.61 Å². The van der Waals surface area contributed by atoms with E-state index in [9.17, 15) is 4.79 Å². The molecule has 2 fully saturated rings. The normalized spacial score (nSPS) is 20.8. The minimum absolute atomic E-state index is 0.0224. The summed E-state index contributed by atoms with van der Waals surface area (Å²) in [5.74, 6) is 0.118. The summed E-state index contributed by atoms with van der Waals surface area (Å²) in [6.07, 6.45) is 3.73. The standard InChI is InChI=1S/C16H22N2O2/c19-12-13-2-4-14(5-3-13)16(20)18-9-1-8-17(10-11-18)15-6-7-15/h2-5,15,19H,1,6-12H2. The van der Waals surface area contributed by atoms with Crippen molar-refractivity contribution >= 4 is 5.91 Å². The first-order valence-corrected chi connectivity index (χ1v) is 7.51. The van der Waals surface area contributed by atoms with Crippen LogP contribution in [0, 0.1) is 0 Å². The second kappa shape index (κ2) is 5.94. The fourth-order valence-corrected chi connectivity index (χ4v) is 2.88. The number of rotatable bonds is 3. The molecule has 0 radical (unpaired) electrons. The Labute approximate surface area is 120 Å². The molecule has 4 heteroatoms. The zero-order valence-electron chi connectivity index (χ0n) is 11.8. The van der Waals surface area contributed by atoms with E-state index >= 15 is 0 Å². The third-order valence-corrected chi connectivity index (χ3v) is 4.26. The van der Waals surface area contributed by atoms with Gasteiger partial charge in [0.15, 0.2) is 0 Å². The maximum atomic E-state index is 12.5. The Morgan fingerprint density at radius 3 is 2.50 bits per heavy atom. The number of hydrogen-bond acceptors (Lipinski definition) is 3. The summed E-state index contributed by atoms with van der Waals surface area (Å²) >= 11 is 0. The Bertz CT molecular complexity index is 468. The molecule has 0 unspecified atom stereocenters. The van der Waals surface area contributed by atoms with Crippen LogP contribution in [0.4, 0.5) is 0 Å². The number of carbonyl (C=O) groups excluding carboxylic acids is 1. The van der Waals surface area contributed by atoms with Crippen LogP contribution >= 0.6 is 0 Å². The molecule has 1 aliphatic heterocycles. The summed E-state index contributed by atoms with van der Waals surface area (Å²) in [5.41, 5.74) is 1.57. The second-order valence-corrected chi connectivity index (χ2v) is 5.77. The Morgan fingerprint density at radius 2 is 1.85 bits per heavy atom. The monoisotopic (exact) mass is 274 g/mol. The van der Waals surface area contributed by atoms with Gasteiger partial charge in [-0.25, -0.2) is 0 Å². The smallest absolute Gasteiger partial charge is 0.253 e. The predicted molar refractivity (Wildman–Crippen MR) is 77.5 cm³/mol. The van der Waals surface area contributed by atoms with Gasteiger partial charge in [0.25, 0.3) is 5.91 Å². The largest absolute Gasteiger partial charge is 0.392 e. The average molecular weight is 274 g/mol. The maximum absolute atomic E-state index is 12.5. The van der Waals surface area contributed by atoms with E-state index in [1.165, 1.54) is 12.8 Å². The fourth-order valence-electron chi connectivity index (χ4n) is 2.88. The average Bonchev–Trinajstić information content (AvgIpc) is 3.32. The molecule has 1 amide bonds. The quantitative estimate of drug-likeness (QED) is 0.908. The van der Waals surface area contributed by atoms with Crippen LogP contribution in [0.3, 0.4) is 0 Å². The number of aliphatic hydroxyl groups excluding tert-OH is 1. The van der Waals surface area contributed by atoms with Gasteiger partial charge in [0.05, 0.1) is 6.61 Å². The fraction of sp³-hybridized carbons (Fsp3) is 0.562.